The Morgan fingerprint density at radius 2 is 1.60 bits per heavy atom. The number of halogens is 2. The van der Waals surface area contributed by atoms with Crippen molar-refractivity contribution >= 4 is 40.5 Å². The van der Waals surface area contributed by atoms with Crippen LogP contribution in [-0.2, 0) is 0 Å². The maximum absolute atomic E-state index is 12.9. The molecule has 25 heavy (non-hydrogen) atoms. The maximum atomic E-state index is 12.9. The number of anilines is 1. The molecule has 0 unspecified atom stereocenters. The zero-order chi connectivity index (χ0) is 17.8. The summed E-state index contributed by atoms with van der Waals surface area (Å²) in [5.41, 5.74) is 1.26. The normalized spacial score (nSPS) is 14.3. The average Bonchev–Trinajstić information content (AvgIpc) is 2.63. The molecule has 0 spiro atoms. The predicted octanol–water partition coefficient (Wildman–Crippen LogP) is 3.63. The van der Waals surface area contributed by atoms with Crippen LogP contribution in [0.1, 0.15) is 10.4 Å². The molecule has 0 radical (unpaired) electrons. The Morgan fingerprint density at radius 3 is 2.24 bits per heavy atom. The highest BCUT2D eigenvalue weighted by atomic mass is 35.5. The molecule has 1 N–H and O–H groups in total. The number of carbonyl (C=O) groups excluding carboxylic acids is 1. The summed E-state index contributed by atoms with van der Waals surface area (Å²) in [6.07, 6.45) is 0. The van der Waals surface area contributed by atoms with Crippen LogP contribution in [0, 0.1) is 5.82 Å². The number of rotatable bonds is 2. The second kappa shape index (κ2) is 7.80. The Kier molecular flexibility index (Phi) is 5.50. The van der Waals surface area contributed by atoms with Gasteiger partial charge in [0.2, 0.25) is 0 Å². The molecule has 3 rings (SSSR count). The van der Waals surface area contributed by atoms with Crippen LogP contribution in [0.3, 0.4) is 0 Å². The van der Waals surface area contributed by atoms with E-state index in [1.54, 1.807) is 41.3 Å². The molecular formula is C18H17ClFN3OS. The first-order chi connectivity index (χ1) is 12.0. The molecule has 0 bridgehead atoms. The Labute approximate surface area is 156 Å². The Bertz CT molecular complexity index is 776. The number of hydrogen-bond acceptors (Lipinski definition) is 2. The number of piperazine rings is 1. The summed E-state index contributed by atoms with van der Waals surface area (Å²) in [6, 6.07) is 13.1. The summed E-state index contributed by atoms with van der Waals surface area (Å²) in [7, 11) is 0. The number of amides is 1. The van der Waals surface area contributed by atoms with Gasteiger partial charge in [0.05, 0.1) is 10.6 Å². The Morgan fingerprint density at radius 1 is 1.00 bits per heavy atom. The first-order valence-electron chi connectivity index (χ1n) is 7.90. The third-order valence-electron chi connectivity index (χ3n) is 4.05. The molecule has 2 aromatic rings. The molecule has 0 aromatic heterocycles. The van der Waals surface area contributed by atoms with E-state index in [2.05, 4.69) is 5.32 Å². The van der Waals surface area contributed by atoms with E-state index in [0.29, 0.717) is 41.9 Å². The van der Waals surface area contributed by atoms with Gasteiger partial charge in [0.15, 0.2) is 5.11 Å². The molecule has 1 fully saturated rings. The first-order valence-corrected chi connectivity index (χ1v) is 8.68. The quantitative estimate of drug-likeness (QED) is 0.810. The lowest BCUT2D eigenvalue weighted by atomic mass is 10.2. The molecule has 1 aliphatic heterocycles. The summed E-state index contributed by atoms with van der Waals surface area (Å²) < 4.78 is 12.9. The monoisotopic (exact) mass is 377 g/mol. The van der Waals surface area contributed by atoms with Crippen LogP contribution in [0.4, 0.5) is 10.1 Å². The van der Waals surface area contributed by atoms with E-state index in [1.165, 1.54) is 12.1 Å². The lowest BCUT2D eigenvalue weighted by molar-refractivity contribution is 0.0693. The van der Waals surface area contributed by atoms with E-state index in [1.807, 2.05) is 4.90 Å². The topological polar surface area (TPSA) is 35.6 Å². The largest absolute Gasteiger partial charge is 0.345 e. The molecule has 0 aliphatic carbocycles. The van der Waals surface area contributed by atoms with E-state index < -0.39 is 0 Å². The van der Waals surface area contributed by atoms with E-state index in [0.717, 1.165) is 5.69 Å². The number of nitrogens with zero attached hydrogens (tertiary/aromatic N) is 2. The van der Waals surface area contributed by atoms with Gasteiger partial charge in [0, 0.05) is 31.9 Å². The predicted molar refractivity (Wildman–Crippen MR) is 102 cm³/mol. The second-order valence-electron chi connectivity index (χ2n) is 5.70. The zero-order valence-corrected chi connectivity index (χ0v) is 15.0. The van der Waals surface area contributed by atoms with E-state index in [-0.39, 0.29) is 11.7 Å². The summed E-state index contributed by atoms with van der Waals surface area (Å²) in [6.45, 7) is 2.39. The van der Waals surface area contributed by atoms with Gasteiger partial charge in [-0.3, -0.25) is 4.79 Å². The third kappa shape index (κ3) is 4.27. The van der Waals surface area contributed by atoms with Crippen molar-refractivity contribution in [2.24, 2.45) is 0 Å². The highest BCUT2D eigenvalue weighted by Crippen LogP contribution is 2.18. The fourth-order valence-corrected chi connectivity index (χ4v) is 3.17. The van der Waals surface area contributed by atoms with Crippen LogP contribution in [0.15, 0.2) is 48.5 Å². The van der Waals surface area contributed by atoms with E-state index in [4.69, 9.17) is 23.8 Å². The molecule has 1 heterocycles. The highest BCUT2D eigenvalue weighted by Gasteiger charge is 2.24. The number of nitrogens with one attached hydrogen (secondary N) is 1. The maximum Gasteiger partial charge on any atom is 0.255 e. The summed E-state index contributed by atoms with van der Waals surface area (Å²) in [5, 5.41) is 4.12. The molecule has 0 atom stereocenters. The molecular weight excluding hydrogens is 361 g/mol. The van der Waals surface area contributed by atoms with Crippen molar-refractivity contribution in [2.45, 2.75) is 0 Å². The fourth-order valence-electron chi connectivity index (χ4n) is 2.65. The molecule has 1 aliphatic rings. The standard InChI is InChI=1S/C18H17ClFN3OS/c19-16-4-2-1-3-15(16)17(24)22-9-11-23(12-10-22)18(25)21-14-7-5-13(20)6-8-14/h1-8H,9-12H2,(H,21,25). The molecule has 130 valence electrons. The molecule has 0 saturated carbocycles. The van der Waals surface area contributed by atoms with Crippen LogP contribution in [0.2, 0.25) is 5.02 Å². The SMILES string of the molecule is O=C(c1ccccc1Cl)N1CCN(C(=S)Nc2ccc(F)cc2)CC1. The van der Waals surface area contributed by atoms with Gasteiger partial charge in [-0.05, 0) is 48.6 Å². The molecule has 4 nitrogen and oxygen atoms in total. The van der Waals surface area contributed by atoms with Crippen molar-refractivity contribution in [1.29, 1.82) is 0 Å². The van der Waals surface area contributed by atoms with Crippen LogP contribution in [0.25, 0.3) is 0 Å². The van der Waals surface area contributed by atoms with Crippen LogP contribution in [0.5, 0.6) is 0 Å². The smallest absolute Gasteiger partial charge is 0.255 e. The third-order valence-corrected chi connectivity index (χ3v) is 4.74. The Balaban J connectivity index is 1.56. The van der Waals surface area contributed by atoms with E-state index in [9.17, 15) is 9.18 Å². The molecule has 1 saturated heterocycles. The van der Waals surface area contributed by atoms with Crippen molar-refractivity contribution in [1.82, 2.24) is 9.80 Å². The highest BCUT2D eigenvalue weighted by molar-refractivity contribution is 7.80. The number of hydrogen-bond donors (Lipinski definition) is 1. The van der Waals surface area contributed by atoms with Gasteiger partial charge < -0.3 is 15.1 Å². The summed E-state index contributed by atoms with van der Waals surface area (Å²) in [4.78, 5) is 16.3. The van der Waals surface area contributed by atoms with Crippen molar-refractivity contribution in [3.63, 3.8) is 0 Å². The van der Waals surface area contributed by atoms with Gasteiger partial charge in [-0.15, -0.1) is 0 Å². The van der Waals surface area contributed by atoms with Crippen molar-refractivity contribution < 1.29 is 9.18 Å². The van der Waals surface area contributed by atoms with Crippen molar-refractivity contribution in [3.8, 4) is 0 Å². The molecule has 7 heteroatoms. The van der Waals surface area contributed by atoms with Crippen LogP contribution < -0.4 is 5.32 Å². The van der Waals surface area contributed by atoms with Gasteiger partial charge in [-0.2, -0.15) is 0 Å². The Hall–Kier alpha value is -2.18. The van der Waals surface area contributed by atoms with Gasteiger partial charge in [-0.25, -0.2) is 4.39 Å². The van der Waals surface area contributed by atoms with Gasteiger partial charge in [0.1, 0.15) is 5.82 Å². The minimum Gasteiger partial charge on any atom is -0.345 e. The minimum atomic E-state index is -0.289. The van der Waals surface area contributed by atoms with Crippen molar-refractivity contribution in [2.75, 3.05) is 31.5 Å². The van der Waals surface area contributed by atoms with Gasteiger partial charge >= 0.3 is 0 Å². The van der Waals surface area contributed by atoms with E-state index >= 15 is 0 Å². The summed E-state index contributed by atoms with van der Waals surface area (Å²) in [5.74, 6) is -0.356. The van der Waals surface area contributed by atoms with Crippen LogP contribution in [-0.4, -0.2) is 47.0 Å². The molecule has 1 amide bonds. The summed E-state index contributed by atoms with van der Waals surface area (Å²) >= 11 is 11.5. The lowest BCUT2D eigenvalue weighted by Crippen LogP contribution is -2.51. The zero-order valence-electron chi connectivity index (χ0n) is 13.4. The van der Waals surface area contributed by atoms with Gasteiger partial charge in [-0.1, -0.05) is 23.7 Å². The van der Waals surface area contributed by atoms with Crippen molar-refractivity contribution in [3.05, 3.63) is 64.9 Å². The molecule has 2 aromatic carbocycles. The first kappa shape index (κ1) is 17.6. The number of carbonyl (C=O) groups is 1. The minimum absolute atomic E-state index is 0.0670. The van der Waals surface area contributed by atoms with Gasteiger partial charge in [0.25, 0.3) is 5.91 Å². The average molecular weight is 378 g/mol. The lowest BCUT2D eigenvalue weighted by Gasteiger charge is -2.36. The number of benzene rings is 2. The second-order valence-corrected chi connectivity index (χ2v) is 6.49. The van der Waals surface area contributed by atoms with Crippen LogP contribution >= 0.6 is 23.8 Å². The fraction of sp³-hybridized carbons (Fsp3) is 0.222. The number of thiocarbonyl (C=S) groups is 1.